The van der Waals surface area contributed by atoms with Crippen LogP contribution in [0.3, 0.4) is 0 Å². The van der Waals surface area contributed by atoms with Crippen molar-refractivity contribution >= 4 is 21.8 Å². The molecule has 0 aromatic carbocycles. The van der Waals surface area contributed by atoms with E-state index in [2.05, 4.69) is 5.32 Å². The number of methoxy groups -OCH3 is 1. The molecule has 0 aromatic heterocycles. The van der Waals surface area contributed by atoms with Gasteiger partial charge >= 0.3 is 0 Å². The highest BCUT2D eigenvalue weighted by atomic mass is 32.2. The van der Waals surface area contributed by atoms with Crippen molar-refractivity contribution in [1.29, 1.82) is 0 Å². The molecule has 2 saturated heterocycles. The van der Waals surface area contributed by atoms with E-state index in [1.807, 2.05) is 18.7 Å². The summed E-state index contributed by atoms with van der Waals surface area (Å²) in [4.78, 5) is 26.5. The fraction of sp³-hybridized carbons (Fsp3) is 0.867. The molecule has 0 radical (unpaired) electrons. The Hall–Kier alpha value is -1.19. The van der Waals surface area contributed by atoms with Gasteiger partial charge in [0.2, 0.25) is 15.9 Å². The Morgan fingerprint density at radius 3 is 2.75 bits per heavy atom. The van der Waals surface area contributed by atoms with E-state index in [9.17, 15) is 18.0 Å². The van der Waals surface area contributed by atoms with Gasteiger partial charge in [0.25, 0.3) is 5.91 Å². The minimum Gasteiger partial charge on any atom is -0.385 e. The van der Waals surface area contributed by atoms with Crippen LogP contribution >= 0.6 is 0 Å². The summed E-state index contributed by atoms with van der Waals surface area (Å²) in [5.41, 5.74) is 0. The van der Waals surface area contributed by atoms with E-state index in [0.717, 1.165) is 4.31 Å². The van der Waals surface area contributed by atoms with Crippen molar-refractivity contribution in [2.75, 3.05) is 39.1 Å². The summed E-state index contributed by atoms with van der Waals surface area (Å²) < 4.78 is 30.7. The van der Waals surface area contributed by atoms with Crippen LogP contribution in [0.5, 0.6) is 0 Å². The van der Waals surface area contributed by atoms with Crippen LogP contribution in [0.25, 0.3) is 0 Å². The molecule has 2 aliphatic heterocycles. The van der Waals surface area contributed by atoms with E-state index in [1.54, 1.807) is 7.11 Å². The second kappa shape index (κ2) is 7.79. The van der Waals surface area contributed by atoms with Crippen molar-refractivity contribution in [3.05, 3.63) is 0 Å². The van der Waals surface area contributed by atoms with Gasteiger partial charge in [-0.3, -0.25) is 14.5 Å². The molecule has 2 unspecified atom stereocenters. The summed E-state index contributed by atoms with van der Waals surface area (Å²) in [5.74, 6) is -0.626. The maximum atomic E-state index is 12.8. The quantitative estimate of drug-likeness (QED) is 0.635. The molecule has 9 heteroatoms. The molecule has 24 heavy (non-hydrogen) atoms. The van der Waals surface area contributed by atoms with Crippen molar-refractivity contribution in [2.24, 2.45) is 5.92 Å². The van der Waals surface area contributed by atoms with Gasteiger partial charge in [-0.1, -0.05) is 13.8 Å². The first-order valence-electron chi connectivity index (χ1n) is 8.34. The predicted octanol–water partition coefficient (Wildman–Crippen LogP) is -0.590. The van der Waals surface area contributed by atoms with Gasteiger partial charge in [0.15, 0.2) is 0 Å². The Morgan fingerprint density at radius 2 is 2.12 bits per heavy atom. The molecule has 1 N–H and O–H groups in total. The Balaban J connectivity index is 2.08. The number of nitrogens with zero attached hydrogens (tertiary/aromatic N) is 2. The Kier molecular flexibility index (Phi) is 6.22. The molecule has 2 heterocycles. The van der Waals surface area contributed by atoms with Gasteiger partial charge in [-0.15, -0.1) is 0 Å². The molecule has 2 fully saturated rings. The molecule has 2 atom stereocenters. The fourth-order valence-electron chi connectivity index (χ4n) is 3.13. The maximum absolute atomic E-state index is 12.8. The van der Waals surface area contributed by atoms with Crippen LogP contribution in [0.4, 0.5) is 0 Å². The minimum atomic E-state index is -3.59. The van der Waals surface area contributed by atoms with Crippen molar-refractivity contribution in [1.82, 2.24) is 14.5 Å². The van der Waals surface area contributed by atoms with Crippen LogP contribution < -0.4 is 5.32 Å². The van der Waals surface area contributed by atoms with Crippen molar-refractivity contribution in [2.45, 2.75) is 38.8 Å². The molecular formula is C15H27N3O5S. The number of hydrogen-bond donors (Lipinski definition) is 1. The molecule has 2 amide bonds. The first-order chi connectivity index (χ1) is 11.3. The lowest BCUT2D eigenvalue weighted by Gasteiger charge is -2.23. The number of carbonyl (C=O) groups excluding carboxylic acids is 2. The number of hydrogen-bond acceptors (Lipinski definition) is 6. The van der Waals surface area contributed by atoms with Gasteiger partial charge < -0.3 is 10.1 Å². The van der Waals surface area contributed by atoms with Gasteiger partial charge in [0, 0.05) is 45.3 Å². The molecule has 0 bridgehead atoms. The Labute approximate surface area is 143 Å². The van der Waals surface area contributed by atoms with Crippen LogP contribution in [0.15, 0.2) is 0 Å². The van der Waals surface area contributed by atoms with Crippen molar-refractivity contribution in [3.63, 3.8) is 0 Å². The molecule has 0 aliphatic carbocycles. The normalized spacial score (nSPS) is 27.2. The number of ether oxygens (including phenoxy) is 1. The van der Waals surface area contributed by atoms with Crippen LogP contribution in [0, 0.1) is 5.92 Å². The lowest BCUT2D eigenvalue weighted by Crippen LogP contribution is -2.44. The second-order valence-corrected chi connectivity index (χ2v) is 8.69. The topological polar surface area (TPSA) is 96.0 Å². The fourth-order valence-corrected chi connectivity index (χ4v) is 4.62. The number of amides is 2. The van der Waals surface area contributed by atoms with E-state index in [4.69, 9.17) is 4.74 Å². The third-order valence-corrected chi connectivity index (χ3v) is 6.22. The smallest absolute Gasteiger partial charge is 0.253 e. The number of carbonyl (C=O) groups is 2. The largest absolute Gasteiger partial charge is 0.385 e. The summed E-state index contributed by atoms with van der Waals surface area (Å²) in [6, 6.07) is -0.599. The van der Waals surface area contributed by atoms with Crippen LogP contribution in [-0.4, -0.2) is 80.6 Å². The zero-order valence-electron chi connectivity index (χ0n) is 14.5. The molecule has 2 aliphatic rings. The zero-order valence-corrected chi connectivity index (χ0v) is 15.3. The molecule has 0 aromatic rings. The predicted molar refractivity (Wildman–Crippen MR) is 88.7 cm³/mol. The molecule has 138 valence electrons. The third-order valence-electron chi connectivity index (χ3n) is 4.49. The van der Waals surface area contributed by atoms with Crippen LogP contribution in [-0.2, 0) is 24.3 Å². The highest BCUT2D eigenvalue weighted by molar-refractivity contribution is 7.89. The summed E-state index contributed by atoms with van der Waals surface area (Å²) in [6.45, 7) is 5.00. The van der Waals surface area contributed by atoms with Gasteiger partial charge in [0.1, 0.15) is 0 Å². The molecule has 8 nitrogen and oxygen atoms in total. The van der Waals surface area contributed by atoms with Crippen molar-refractivity contribution in [3.8, 4) is 0 Å². The van der Waals surface area contributed by atoms with E-state index in [0.29, 0.717) is 32.5 Å². The highest BCUT2D eigenvalue weighted by Gasteiger charge is 2.45. The van der Waals surface area contributed by atoms with E-state index in [1.165, 1.54) is 0 Å². The van der Waals surface area contributed by atoms with Crippen molar-refractivity contribution < 1.29 is 22.7 Å². The summed E-state index contributed by atoms with van der Waals surface area (Å²) in [7, 11) is -2.05. The van der Waals surface area contributed by atoms with Gasteiger partial charge in [-0.05, 0) is 12.8 Å². The van der Waals surface area contributed by atoms with Gasteiger partial charge in [0.05, 0.1) is 11.8 Å². The van der Waals surface area contributed by atoms with E-state index >= 15 is 0 Å². The Bertz CT molecular complexity index is 578. The van der Waals surface area contributed by atoms with Crippen LogP contribution in [0.1, 0.15) is 26.7 Å². The first-order valence-corrected chi connectivity index (χ1v) is 9.94. The average Bonchev–Trinajstić information content (AvgIpc) is 2.88. The standard InChI is InChI=1S/C15H27N3O5S/c1-11(2)14(19)16-12-9-13-15(20)18(5-4-7-23-3)24(21,22)8-6-17(13)10-12/h11-13H,4-10H2,1-3H3,(H,16,19). The molecule has 0 saturated carbocycles. The first kappa shape index (κ1) is 19.1. The average molecular weight is 361 g/mol. The summed E-state index contributed by atoms with van der Waals surface area (Å²) >= 11 is 0. The number of fused-ring (bicyclic) bond motifs is 1. The molecular weight excluding hydrogens is 334 g/mol. The van der Waals surface area contributed by atoms with E-state index < -0.39 is 16.1 Å². The number of rotatable bonds is 6. The van der Waals surface area contributed by atoms with E-state index in [-0.39, 0.29) is 36.1 Å². The second-order valence-electron chi connectivity index (χ2n) is 6.68. The molecule has 2 rings (SSSR count). The SMILES string of the molecule is COCCCN1C(=O)C2CC(NC(=O)C(C)C)CN2CCS1(=O)=O. The zero-order chi connectivity index (χ0) is 17.9. The monoisotopic (exact) mass is 361 g/mol. The summed E-state index contributed by atoms with van der Waals surface area (Å²) in [6.07, 6.45) is 0.926. The lowest BCUT2D eigenvalue weighted by molar-refractivity contribution is -0.131. The minimum absolute atomic E-state index is 0.0466. The van der Waals surface area contributed by atoms with Gasteiger partial charge in [-0.2, -0.15) is 0 Å². The maximum Gasteiger partial charge on any atom is 0.253 e. The molecule has 0 spiro atoms. The third kappa shape index (κ3) is 4.25. The van der Waals surface area contributed by atoms with Crippen LogP contribution in [0.2, 0.25) is 0 Å². The van der Waals surface area contributed by atoms with Gasteiger partial charge in [-0.25, -0.2) is 12.7 Å². The number of sulfonamides is 1. The summed E-state index contributed by atoms with van der Waals surface area (Å²) in [5, 5.41) is 2.94. The number of nitrogens with one attached hydrogen (secondary N) is 1. The Morgan fingerprint density at radius 1 is 1.42 bits per heavy atom. The lowest BCUT2D eigenvalue weighted by atomic mass is 10.1. The highest BCUT2D eigenvalue weighted by Crippen LogP contribution is 2.25.